The van der Waals surface area contributed by atoms with Crippen molar-refractivity contribution in [1.29, 1.82) is 0 Å². The molecule has 1 fully saturated rings. The van der Waals surface area contributed by atoms with Crippen LogP contribution < -0.4 is 20.1 Å². The van der Waals surface area contributed by atoms with Crippen LogP contribution in [-0.2, 0) is 11.3 Å². The van der Waals surface area contributed by atoms with Crippen LogP contribution in [0.5, 0.6) is 11.5 Å². The molecule has 1 aromatic carbocycles. The molecule has 1 aliphatic rings. The van der Waals surface area contributed by atoms with Crippen LogP contribution in [-0.4, -0.2) is 70.5 Å². The molecule has 31 heavy (non-hydrogen) atoms. The highest BCUT2D eigenvalue weighted by Gasteiger charge is 2.12. The summed E-state index contributed by atoms with van der Waals surface area (Å²) in [7, 11) is 1.68. The minimum Gasteiger partial charge on any atom is -0.493 e. The second kappa shape index (κ2) is 16.3. The molecule has 0 saturated carbocycles. The molecule has 0 atom stereocenters. The lowest BCUT2D eigenvalue weighted by atomic mass is 10.2. The fourth-order valence-electron chi connectivity index (χ4n) is 3.09. The third-order valence-corrected chi connectivity index (χ3v) is 4.69. The summed E-state index contributed by atoms with van der Waals surface area (Å²) < 4.78 is 41.1. The van der Waals surface area contributed by atoms with Crippen LogP contribution in [0.2, 0.25) is 0 Å². The van der Waals surface area contributed by atoms with Crippen LogP contribution in [0.1, 0.15) is 31.7 Å². The van der Waals surface area contributed by atoms with E-state index in [1.54, 1.807) is 19.2 Å². The van der Waals surface area contributed by atoms with Crippen molar-refractivity contribution in [2.45, 2.75) is 39.3 Å². The van der Waals surface area contributed by atoms with Gasteiger partial charge in [-0.15, -0.1) is 24.0 Å². The first kappa shape index (κ1) is 27.6. The zero-order valence-electron chi connectivity index (χ0n) is 18.4. The predicted octanol–water partition coefficient (Wildman–Crippen LogP) is 3.47. The number of morpholine rings is 1. The number of nitrogens with one attached hydrogen (secondary N) is 2. The summed E-state index contributed by atoms with van der Waals surface area (Å²) in [6, 6.07) is 4.98. The molecule has 1 saturated heterocycles. The first-order valence-corrected chi connectivity index (χ1v) is 10.6. The van der Waals surface area contributed by atoms with Crippen molar-refractivity contribution < 1.29 is 23.0 Å². The normalized spacial score (nSPS) is 14.8. The molecule has 2 rings (SSSR count). The molecule has 2 N–H and O–H groups in total. The number of benzene rings is 1. The van der Waals surface area contributed by atoms with Crippen molar-refractivity contribution in [3.05, 3.63) is 23.8 Å². The lowest BCUT2D eigenvalue weighted by molar-refractivity contribution is -0.0505. The number of rotatable bonds is 12. The summed E-state index contributed by atoms with van der Waals surface area (Å²) in [5.74, 6) is 1.24. The fourth-order valence-corrected chi connectivity index (χ4v) is 3.09. The fraction of sp³-hybridized carbons (Fsp3) is 0.667. The molecule has 1 aromatic rings. The van der Waals surface area contributed by atoms with E-state index >= 15 is 0 Å². The van der Waals surface area contributed by atoms with Crippen LogP contribution in [0.15, 0.2) is 23.2 Å². The molecule has 7 nitrogen and oxygen atoms in total. The molecule has 0 bridgehead atoms. The number of hydrogen-bond acceptors (Lipinski definition) is 5. The van der Waals surface area contributed by atoms with E-state index in [4.69, 9.17) is 9.47 Å². The molecular formula is C21H35F2IN4O3. The van der Waals surface area contributed by atoms with Crippen molar-refractivity contribution in [3.8, 4) is 11.5 Å². The van der Waals surface area contributed by atoms with Gasteiger partial charge in [0.05, 0.1) is 19.8 Å². The summed E-state index contributed by atoms with van der Waals surface area (Å²) in [5.41, 5.74) is 0.606. The Bertz CT molecular complexity index is 647. The number of ether oxygens (including phenoxy) is 3. The van der Waals surface area contributed by atoms with Crippen molar-refractivity contribution in [2.75, 3.05) is 53.0 Å². The minimum atomic E-state index is -2.89. The quantitative estimate of drug-likeness (QED) is 0.178. The summed E-state index contributed by atoms with van der Waals surface area (Å²) in [6.45, 7) is 5.41. The maximum atomic E-state index is 12.8. The van der Waals surface area contributed by atoms with Crippen LogP contribution >= 0.6 is 24.0 Å². The summed E-state index contributed by atoms with van der Waals surface area (Å²) >= 11 is 0. The average molecular weight is 556 g/mol. The van der Waals surface area contributed by atoms with Crippen molar-refractivity contribution in [3.63, 3.8) is 0 Å². The number of alkyl halides is 2. The van der Waals surface area contributed by atoms with Crippen LogP contribution in [0.4, 0.5) is 8.78 Å². The first-order valence-electron chi connectivity index (χ1n) is 10.6. The van der Waals surface area contributed by atoms with E-state index in [0.29, 0.717) is 30.4 Å². The highest BCUT2D eigenvalue weighted by atomic mass is 127. The molecule has 0 radical (unpaired) electrons. The molecule has 0 spiro atoms. The van der Waals surface area contributed by atoms with E-state index in [1.165, 1.54) is 6.07 Å². The molecule has 0 unspecified atom stereocenters. The number of halogens is 3. The topological polar surface area (TPSA) is 67.4 Å². The number of nitrogens with zero attached hydrogens (tertiary/aromatic N) is 2. The monoisotopic (exact) mass is 556 g/mol. The third-order valence-electron chi connectivity index (χ3n) is 4.69. The van der Waals surface area contributed by atoms with E-state index in [0.717, 1.165) is 58.7 Å². The Hall–Kier alpha value is -1.40. The number of hydrogen-bond donors (Lipinski definition) is 2. The van der Waals surface area contributed by atoms with Gasteiger partial charge in [-0.25, -0.2) is 0 Å². The smallest absolute Gasteiger partial charge is 0.387 e. The summed E-state index contributed by atoms with van der Waals surface area (Å²) in [4.78, 5) is 6.60. The van der Waals surface area contributed by atoms with Crippen molar-refractivity contribution in [1.82, 2.24) is 15.5 Å². The van der Waals surface area contributed by atoms with E-state index in [9.17, 15) is 8.78 Å². The van der Waals surface area contributed by atoms with Crippen molar-refractivity contribution in [2.24, 2.45) is 4.99 Å². The van der Waals surface area contributed by atoms with Gasteiger partial charge in [0.25, 0.3) is 0 Å². The van der Waals surface area contributed by atoms with Gasteiger partial charge in [-0.1, -0.05) is 6.92 Å². The maximum absolute atomic E-state index is 12.8. The van der Waals surface area contributed by atoms with Gasteiger partial charge < -0.3 is 24.8 Å². The minimum absolute atomic E-state index is 0. The third kappa shape index (κ3) is 11.2. The van der Waals surface area contributed by atoms with Gasteiger partial charge >= 0.3 is 6.61 Å². The van der Waals surface area contributed by atoms with Crippen molar-refractivity contribution >= 4 is 29.9 Å². The van der Waals surface area contributed by atoms with Gasteiger partial charge in [0.2, 0.25) is 0 Å². The Morgan fingerprint density at radius 2 is 2.00 bits per heavy atom. The molecule has 1 heterocycles. The van der Waals surface area contributed by atoms with Crippen LogP contribution in [0, 0.1) is 0 Å². The SMILES string of the molecule is CCCOc1ccc(CNC(=NC)NCCCCN2CCOCC2)c(OC(F)F)c1.I. The largest absolute Gasteiger partial charge is 0.493 e. The Balaban J connectivity index is 0.00000480. The average Bonchev–Trinajstić information content (AvgIpc) is 2.75. The zero-order chi connectivity index (χ0) is 21.6. The van der Waals surface area contributed by atoms with E-state index in [-0.39, 0.29) is 29.7 Å². The van der Waals surface area contributed by atoms with Gasteiger partial charge in [-0.05, 0) is 37.9 Å². The number of aliphatic imine (C=N–C) groups is 1. The molecule has 178 valence electrons. The highest BCUT2D eigenvalue weighted by Crippen LogP contribution is 2.26. The predicted molar refractivity (Wildman–Crippen MR) is 129 cm³/mol. The van der Waals surface area contributed by atoms with Crippen LogP contribution in [0.3, 0.4) is 0 Å². The van der Waals surface area contributed by atoms with Gasteiger partial charge in [0, 0.05) is 44.9 Å². The van der Waals surface area contributed by atoms with Gasteiger partial charge in [0.1, 0.15) is 11.5 Å². The highest BCUT2D eigenvalue weighted by molar-refractivity contribution is 14.0. The number of unbranched alkanes of at least 4 members (excludes halogenated alkanes) is 1. The molecule has 0 aromatic heterocycles. The van der Waals surface area contributed by atoms with Gasteiger partial charge in [-0.2, -0.15) is 8.78 Å². The Morgan fingerprint density at radius 3 is 2.68 bits per heavy atom. The Labute approximate surface area is 200 Å². The van der Waals surface area contributed by atoms with E-state index < -0.39 is 6.61 Å². The van der Waals surface area contributed by atoms with E-state index in [2.05, 4.69) is 25.3 Å². The zero-order valence-corrected chi connectivity index (χ0v) is 20.7. The Kier molecular flexibility index (Phi) is 14.5. The second-order valence-corrected chi connectivity index (χ2v) is 7.01. The lowest BCUT2D eigenvalue weighted by Gasteiger charge is -2.26. The standard InChI is InChI=1S/C21H34F2N4O3.HI/c1-3-12-29-18-7-6-17(19(15-18)30-20(22)23)16-26-21(24-2)25-8-4-5-9-27-10-13-28-14-11-27;/h6-7,15,20H,3-5,8-14,16H2,1-2H3,(H2,24,25,26);1H. The van der Waals surface area contributed by atoms with Gasteiger partial charge in [0.15, 0.2) is 5.96 Å². The van der Waals surface area contributed by atoms with E-state index in [1.807, 2.05) is 6.92 Å². The maximum Gasteiger partial charge on any atom is 0.387 e. The lowest BCUT2D eigenvalue weighted by Crippen LogP contribution is -2.38. The number of guanidine groups is 1. The molecule has 0 amide bonds. The van der Waals surface area contributed by atoms with Crippen LogP contribution in [0.25, 0.3) is 0 Å². The second-order valence-electron chi connectivity index (χ2n) is 7.01. The molecule has 0 aliphatic carbocycles. The molecular weight excluding hydrogens is 521 g/mol. The molecule has 10 heteroatoms. The summed E-state index contributed by atoms with van der Waals surface area (Å²) in [5, 5.41) is 6.41. The Morgan fingerprint density at radius 1 is 1.23 bits per heavy atom. The summed E-state index contributed by atoms with van der Waals surface area (Å²) in [6.07, 6.45) is 2.94. The molecule has 1 aliphatic heterocycles. The van der Waals surface area contributed by atoms with Gasteiger partial charge in [-0.3, -0.25) is 9.89 Å². The first-order chi connectivity index (χ1) is 14.6.